The zero-order valence-corrected chi connectivity index (χ0v) is 14.4. The van der Waals surface area contributed by atoms with E-state index in [1.54, 1.807) is 6.07 Å². The van der Waals surface area contributed by atoms with Gasteiger partial charge in [0.15, 0.2) is 11.6 Å². The van der Waals surface area contributed by atoms with Gasteiger partial charge in [-0.3, -0.25) is 0 Å². The first kappa shape index (κ1) is 17.6. The second-order valence-corrected chi connectivity index (χ2v) is 7.89. The number of hydrogen-bond acceptors (Lipinski definition) is 1. The maximum absolute atomic E-state index is 13.4. The van der Waals surface area contributed by atoms with Crippen LogP contribution in [0.4, 0.5) is 8.78 Å². The van der Waals surface area contributed by atoms with Crippen molar-refractivity contribution in [1.29, 1.82) is 0 Å². The fourth-order valence-electron chi connectivity index (χ4n) is 4.64. The van der Waals surface area contributed by atoms with E-state index in [0.717, 1.165) is 49.4 Å². The van der Waals surface area contributed by atoms with Gasteiger partial charge in [0, 0.05) is 5.92 Å². The molecular formula is C21H28F2O. The first-order chi connectivity index (χ1) is 11.7. The molecule has 0 spiro atoms. The lowest BCUT2D eigenvalue weighted by Crippen LogP contribution is -2.18. The van der Waals surface area contributed by atoms with E-state index in [4.69, 9.17) is 0 Å². The number of aldehydes is 1. The molecule has 2 aliphatic rings. The normalized spacial score (nSPS) is 30.9. The maximum Gasteiger partial charge on any atom is 0.159 e. The number of hydrogen-bond donors (Lipinski definition) is 0. The SMILES string of the molecule is O=C[C@H]1CC[C@H](CC[C@H]2CC[C@H](c3ccc(F)c(F)c3)CC2)CC1. The Bertz CT molecular complexity index is 541. The monoisotopic (exact) mass is 334 g/mol. The van der Waals surface area contributed by atoms with Crippen LogP contribution >= 0.6 is 0 Å². The van der Waals surface area contributed by atoms with Gasteiger partial charge in [0.2, 0.25) is 0 Å². The molecule has 0 aliphatic heterocycles. The predicted octanol–water partition coefficient (Wildman–Crippen LogP) is 6.02. The number of benzene rings is 1. The number of carbonyl (C=O) groups excluding carboxylic acids is 1. The molecular weight excluding hydrogens is 306 g/mol. The number of halogens is 2. The van der Waals surface area contributed by atoms with Crippen molar-refractivity contribution in [3.63, 3.8) is 0 Å². The largest absolute Gasteiger partial charge is 0.303 e. The van der Waals surface area contributed by atoms with Crippen molar-refractivity contribution in [1.82, 2.24) is 0 Å². The Kier molecular flexibility index (Phi) is 6.02. The molecule has 0 unspecified atom stereocenters. The molecule has 0 heterocycles. The highest BCUT2D eigenvalue weighted by Crippen LogP contribution is 2.39. The lowest BCUT2D eigenvalue weighted by atomic mass is 9.74. The van der Waals surface area contributed by atoms with Gasteiger partial charge in [-0.2, -0.15) is 0 Å². The molecule has 3 heteroatoms. The summed E-state index contributed by atoms with van der Waals surface area (Å²) in [6.45, 7) is 0. The van der Waals surface area contributed by atoms with E-state index in [1.165, 1.54) is 50.7 Å². The minimum Gasteiger partial charge on any atom is -0.303 e. The highest BCUT2D eigenvalue weighted by molar-refractivity contribution is 5.53. The van der Waals surface area contributed by atoms with Crippen LogP contribution in [0.3, 0.4) is 0 Å². The summed E-state index contributed by atoms with van der Waals surface area (Å²) < 4.78 is 26.5. The van der Waals surface area contributed by atoms with Crippen LogP contribution in [0.25, 0.3) is 0 Å². The molecule has 0 N–H and O–H groups in total. The predicted molar refractivity (Wildman–Crippen MR) is 91.8 cm³/mol. The summed E-state index contributed by atoms with van der Waals surface area (Å²) in [4.78, 5) is 10.8. The summed E-state index contributed by atoms with van der Waals surface area (Å²) in [6.07, 6.45) is 12.9. The van der Waals surface area contributed by atoms with Crippen molar-refractivity contribution >= 4 is 6.29 Å². The van der Waals surface area contributed by atoms with Crippen LogP contribution in [0.15, 0.2) is 18.2 Å². The van der Waals surface area contributed by atoms with Crippen LogP contribution in [0.5, 0.6) is 0 Å². The fraction of sp³-hybridized carbons (Fsp3) is 0.667. The van der Waals surface area contributed by atoms with Crippen LogP contribution in [0.1, 0.15) is 75.7 Å². The van der Waals surface area contributed by atoms with Gasteiger partial charge in [0.25, 0.3) is 0 Å². The second-order valence-electron chi connectivity index (χ2n) is 7.89. The van der Waals surface area contributed by atoms with Gasteiger partial charge in [-0.05, 0) is 86.8 Å². The molecule has 0 saturated heterocycles. The average Bonchev–Trinajstić information content (AvgIpc) is 2.63. The van der Waals surface area contributed by atoms with Gasteiger partial charge in [-0.1, -0.05) is 18.9 Å². The molecule has 1 aromatic rings. The van der Waals surface area contributed by atoms with E-state index in [0.29, 0.717) is 11.8 Å². The Hall–Kier alpha value is -1.25. The van der Waals surface area contributed by atoms with Crippen molar-refractivity contribution in [2.24, 2.45) is 17.8 Å². The topological polar surface area (TPSA) is 17.1 Å². The van der Waals surface area contributed by atoms with Gasteiger partial charge in [-0.25, -0.2) is 8.78 Å². The molecule has 0 bridgehead atoms. The molecule has 132 valence electrons. The van der Waals surface area contributed by atoms with Crippen molar-refractivity contribution in [3.8, 4) is 0 Å². The van der Waals surface area contributed by atoms with Gasteiger partial charge in [0.1, 0.15) is 6.29 Å². The Morgan fingerprint density at radius 1 is 0.833 bits per heavy atom. The Balaban J connectivity index is 1.40. The summed E-state index contributed by atoms with van der Waals surface area (Å²) in [6, 6.07) is 4.38. The molecule has 0 atom stereocenters. The minimum absolute atomic E-state index is 0.313. The summed E-state index contributed by atoms with van der Waals surface area (Å²) in [5, 5.41) is 0. The van der Waals surface area contributed by atoms with Crippen molar-refractivity contribution in [2.75, 3.05) is 0 Å². The first-order valence-corrected chi connectivity index (χ1v) is 9.56. The fourth-order valence-corrected chi connectivity index (χ4v) is 4.64. The van der Waals surface area contributed by atoms with Crippen LogP contribution in [0, 0.1) is 29.4 Å². The zero-order chi connectivity index (χ0) is 16.9. The van der Waals surface area contributed by atoms with Crippen LogP contribution in [-0.2, 0) is 4.79 Å². The highest BCUT2D eigenvalue weighted by atomic mass is 19.2. The van der Waals surface area contributed by atoms with Crippen LogP contribution in [0.2, 0.25) is 0 Å². The van der Waals surface area contributed by atoms with E-state index >= 15 is 0 Å². The molecule has 2 saturated carbocycles. The summed E-state index contributed by atoms with van der Waals surface area (Å²) in [5.41, 5.74) is 0.958. The lowest BCUT2D eigenvalue weighted by Gasteiger charge is -2.31. The Morgan fingerprint density at radius 3 is 1.96 bits per heavy atom. The van der Waals surface area contributed by atoms with Crippen LogP contribution in [-0.4, -0.2) is 6.29 Å². The van der Waals surface area contributed by atoms with E-state index in [1.807, 2.05) is 0 Å². The van der Waals surface area contributed by atoms with E-state index < -0.39 is 11.6 Å². The lowest BCUT2D eigenvalue weighted by molar-refractivity contribution is -0.112. The zero-order valence-electron chi connectivity index (χ0n) is 14.4. The molecule has 2 fully saturated rings. The van der Waals surface area contributed by atoms with Crippen molar-refractivity contribution in [3.05, 3.63) is 35.4 Å². The molecule has 1 nitrogen and oxygen atoms in total. The van der Waals surface area contributed by atoms with Gasteiger partial charge >= 0.3 is 0 Å². The Labute approximate surface area is 143 Å². The highest BCUT2D eigenvalue weighted by Gasteiger charge is 2.25. The van der Waals surface area contributed by atoms with Crippen molar-refractivity contribution in [2.45, 2.75) is 70.1 Å². The van der Waals surface area contributed by atoms with E-state index in [2.05, 4.69) is 0 Å². The number of rotatable bonds is 5. The van der Waals surface area contributed by atoms with Crippen LogP contribution < -0.4 is 0 Å². The third-order valence-electron chi connectivity index (χ3n) is 6.33. The standard InChI is InChI=1S/C21H28F2O/c22-20-12-11-19(13-21(20)23)18-9-7-16(8-10-18)2-1-15-3-5-17(14-24)6-4-15/h11-18H,1-10H2/t15-,16-,17-,18-. The minimum atomic E-state index is -0.753. The molecule has 2 aliphatic carbocycles. The third-order valence-corrected chi connectivity index (χ3v) is 6.33. The molecule has 24 heavy (non-hydrogen) atoms. The van der Waals surface area contributed by atoms with E-state index in [9.17, 15) is 13.6 Å². The quantitative estimate of drug-likeness (QED) is 0.601. The smallest absolute Gasteiger partial charge is 0.159 e. The molecule has 0 radical (unpaired) electrons. The number of carbonyl (C=O) groups is 1. The van der Waals surface area contributed by atoms with E-state index in [-0.39, 0.29) is 0 Å². The van der Waals surface area contributed by atoms with Gasteiger partial charge in [-0.15, -0.1) is 0 Å². The van der Waals surface area contributed by atoms with Gasteiger partial charge < -0.3 is 4.79 Å². The molecule has 0 aromatic heterocycles. The Morgan fingerprint density at radius 2 is 1.42 bits per heavy atom. The molecule has 3 rings (SSSR count). The second kappa shape index (κ2) is 8.22. The summed E-state index contributed by atoms with van der Waals surface area (Å²) >= 11 is 0. The van der Waals surface area contributed by atoms with Crippen molar-refractivity contribution < 1.29 is 13.6 Å². The molecule has 0 amide bonds. The average molecular weight is 334 g/mol. The summed E-state index contributed by atoms with van der Waals surface area (Å²) in [5.74, 6) is 0.824. The first-order valence-electron chi connectivity index (χ1n) is 9.56. The van der Waals surface area contributed by atoms with Gasteiger partial charge in [0.05, 0.1) is 0 Å². The molecule has 1 aromatic carbocycles. The maximum atomic E-state index is 13.4. The summed E-state index contributed by atoms with van der Waals surface area (Å²) in [7, 11) is 0. The third kappa shape index (κ3) is 4.43.